The molecular formula is C35H26Br3N3O7. The summed E-state index contributed by atoms with van der Waals surface area (Å²) in [5.41, 5.74) is 3.36. The van der Waals surface area contributed by atoms with Crippen LogP contribution in [0.2, 0.25) is 0 Å². The van der Waals surface area contributed by atoms with Gasteiger partial charge in [-0.1, -0.05) is 72.1 Å². The highest BCUT2D eigenvalue weighted by atomic mass is 79.9. The third kappa shape index (κ3) is 5.30. The number of fused-ring (bicyclic) bond motifs is 6. The third-order valence-corrected chi connectivity index (χ3v) is 13.4. The smallest absolute Gasteiger partial charge is 0.339 e. The SMILES string of the molecule is Cc1ccc(C(=O)COC(=O)c2cc(-c3ccc(N4C(=O)C5C6CC(C(Br)C6Br)C5C4=O)cc3)nc3c(C)cc(Br)cc23)cc1[N+](=O)[O-]. The van der Waals surface area contributed by atoms with Crippen LogP contribution >= 0.6 is 47.8 Å². The van der Waals surface area contributed by atoms with Crippen LogP contribution in [0.4, 0.5) is 11.4 Å². The summed E-state index contributed by atoms with van der Waals surface area (Å²) in [5.74, 6) is -2.12. The maximum atomic E-state index is 13.5. The molecule has 3 aromatic carbocycles. The lowest BCUT2D eigenvalue weighted by molar-refractivity contribution is -0.385. The number of hydrogen-bond acceptors (Lipinski definition) is 8. The number of nitrogens with zero attached hydrogens (tertiary/aromatic N) is 3. The number of amides is 2. The van der Waals surface area contributed by atoms with Crippen molar-refractivity contribution in [2.45, 2.75) is 29.9 Å². The van der Waals surface area contributed by atoms with Gasteiger partial charge < -0.3 is 4.74 Å². The number of hydrogen-bond donors (Lipinski definition) is 0. The molecular weight excluding hydrogens is 814 g/mol. The summed E-state index contributed by atoms with van der Waals surface area (Å²) in [5, 5.41) is 11.9. The summed E-state index contributed by atoms with van der Waals surface area (Å²) in [4.78, 5) is 70.7. The van der Waals surface area contributed by atoms with Gasteiger partial charge in [-0.2, -0.15) is 0 Å². The van der Waals surface area contributed by atoms with Crippen molar-refractivity contribution >= 4 is 93.6 Å². The molecule has 1 aromatic heterocycles. The molecule has 7 rings (SSSR count). The van der Waals surface area contributed by atoms with E-state index in [0.717, 1.165) is 16.5 Å². The number of ether oxygens (including phenoxy) is 1. The van der Waals surface area contributed by atoms with Crippen LogP contribution in [-0.2, 0) is 14.3 Å². The molecule has 0 spiro atoms. The van der Waals surface area contributed by atoms with Gasteiger partial charge in [0.15, 0.2) is 6.61 Å². The summed E-state index contributed by atoms with van der Waals surface area (Å²) in [6.45, 7) is 2.82. The molecule has 2 bridgehead atoms. The van der Waals surface area contributed by atoms with E-state index in [1.165, 1.54) is 23.1 Å². The molecule has 10 nitrogen and oxygen atoms in total. The molecule has 1 saturated heterocycles. The van der Waals surface area contributed by atoms with Gasteiger partial charge in [0.05, 0.1) is 39.2 Å². The maximum Gasteiger partial charge on any atom is 0.339 e. The number of esters is 1. The van der Waals surface area contributed by atoms with Crippen LogP contribution in [0.1, 0.15) is 38.3 Å². The van der Waals surface area contributed by atoms with Crippen molar-refractivity contribution in [1.82, 2.24) is 4.98 Å². The zero-order valence-corrected chi connectivity index (χ0v) is 30.2. The highest BCUT2D eigenvalue weighted by Crippen LogP contribution is 2.60. The van der Waals surface area contributed by atoms with Crippen molar-refractivity contribution in [3.05, 3.63) is 97.5 Å². The van der Waals surface area contributed by atoms with Crippen LogP contribution in [0.5, 0.6) is 0 Å². The molecule has 2 aliphatic carbocycles. The molecule has 4 aromatic rings. The fourth-order valence-electron chi connectivity index (χ4n) is 7.43. The number of benzene rings is 3. The molecule has 3 aliphatic rings. The number of aromatic nitrogens is 1. The first kappa shape index (κ1) is 32.7. The maximum absolute atomic E-state index is 13.5. The van der Waals surface area contributed by atoms with E-state index in [0.29, 0.717) is 33.4 Å². The summed E-state index contributed by atoms with van der Waals surface area (Å²) in [7, 11) is 0. The first-order chi connectivity index (χ1) is 22.8. The number of ketones is 1. The van der Waals surface area contributed by atoms with Crippen LogP contribution in [0.15, 0.2) is 65.1 Å². The van der Waals surface area contributed by atoms with Crippen LogP contribution < -0.4 is 4.90 Å². The second-order valence-corrected chi connectivity index (χ2v) is 15.5. The molecule has 3 fully saturated rings. The van der Waals surface area contributed by atoms with Crippen LogP contribution in [0, 0.1) is 47.6 Å². The van der Waals surface area contributed by atoms with Crippen LogP contribution in [0.3, 0.4) is 0 Å². The minimum atomic E-state index is -0.766. The highest BCUT2D eigenvalue weighted by molar-refractivity contribution is 9.12. The molecule has 1 aliphatic heterocycles. The van der Waals surface area contributed by atoms with E-state index in [1.807, 2.05) is 13.0 Å². The summed E-state index contributed by atoms with van der Waals surface area (Å²) in [6, 6.07) is 16.2. The molecule has 6 unspecified atom stereocenters. The quantitative estimate of drug-likeness (QED) is 0.0466. The number of aryl methyl sites for hydroxylation is 2. The van der Waals surface area contributed by atoms with Crippen molar-refractivity contribution in [3.63, 3.8) is 0 Å². The standard InChI is InChI=1S/C35H26Br3N3O7/c1-15-3-4-18(10-26(15)41(46)47)27(42)14-48-35(45)22-13-25(39-32-16(2)9-19(36)11-21(22)32)17-5-7-20(8-6-17)40-33(43)28-23-12-24(29(28)34(40)44)31(38)30(23)37/h3-11,13,23-24,28-31H,12,14H2,1-2H3. The van der Waals surface area contributed by atoms with Crippen molar-refractivity contribution in [2.75, 3.05) is 11.5 Å². The van der Waals surface area contributed by atoms with Crippen molar-refractivity contribution in [3.8, 4) is 11.3 Å². The number of pyridine rings is 1. The topological polar surface area (TPSA) is 137 Å². The Morgan fingerprint density at radius 3 is 2.21 bits per heavy atom. The largest absolute Gasteiger partial charge is 0.454 e. The summed E-state index contributed by atoms with van der Waals surface area (Å²) >= 11 is 10.9. The van der Waals surface area contributed by atoms with Crippen LogP contribution in [-0.4, -0.2) is 49.7 Å². The van der Waals surface area contributed by atoms with Gasteiger partial charge in [0.2, 0.25) is 17.6 Å². The number of Topliss-reactive ketones (excluding diaryl/α,β-unsaturated/α-hetero) is 1. The fraction of sp³-hybridized carbons (Fsp3) is 0.286. The Hall–Kier alpha value is -3.81. The molecule has 6 atom stereocenters. The van der Waals surface area contributed by atoms with Crippen LogP contribution in [0.25, 0.3) is 22.2 Å². The van der Waals surface area contributed by atoms with Gasteiger partial charge in [-0.15, -0.1) is 0 Å². The number of imide groups is 1. The number of alkyl halides is 2. The normalized spacial score (nSPS) is 24.3. The zero-order valence-electron chi connectivity index (χ0n) is 25.5. The third-order valence-electron chi connectivity index (χ3n) is 9.76. The zero-order chi connectivity index (χ0) is 34.2. The number of halogens is 3. The van der Waals surface area contributed by atoms with E-state index in [-0.39, 0.29) is 62.0 Å². The van der Waals surface area contributed by atoms with Crippen molar-refractivity contribution in [1.29, 1.82) is 0 Å². The molecule has 2 amide bonds. The highest BCUT2D eigenvalue weighted by Gasteiger charge is 2.66. The summed E-state index contributed by atoms with van der Waals surface area (Å²) in [6.07, 6.45) is 0.850. The van der Waals surface area contributed by atoms with E-state index in [9.17, 15) is 29.3 Å². The molecule has 2 saturated carbocycles. The number of carbonyl (C=O) groups is 4. The molecule has 0 radical (unpaired) electrons. The fourth-order valence-corrected chi connectivity index (χ4v) is 9.88. The van der Waals surface area contributed by atoms with Gasteiger partial charge in [0.25, 0.3) is 5.69 Å². The Kier molecular flexibility index (Phi) is 8.36. The number of nitro groups is 1. The minimum absolute atomic E-state index is 0.0596. The second-order valence-electron chi connectivity index (χ2n) is 12.5. The van der Waals surface area contributed by atoms with Crippen molar-refractivity contribution in [2.24, 2.45) is 23.7 Å². The first-order valence-corrected chi connectivity index (χ1v) is 17.8. The Bertz CT molecular complexity index is 2050. The minimum Gasteiger partial charge on any atom is -0.454 e. The monoisotopic (exact) mass is 837 g/mol. The molecule has 48 heavy (non-hydrogen) atoms. The Morgan fingerprint density at radius 1 is 0.938 bits per heavy atom. The number of carbonyl (C=O) groups excluding carboxylic acids is 4. The Labute approximate surface area is 299 Å². The first-order valence-electron chi connectivity index (χ1n) is 15.2. The van der Waals surface area contributed by atoms with Gasteiger partial charge in [0.1, 0.15) is 0 Å². The number of nitro benzene ring substituents is 1. The lowest BCUT2D eigenvalue weighted by Gasteiger charge is -2.28. The summed E-state index contributed by atoms with van der Waals surface area (Å²) < 4.78 is 6.17. The molecule has 2 heterocycles. The number of anilines is 1. The van der Waals surface area contributed by atoms with E-state index >= 15 is 0 Å². The number of rotatable bonds is 7. The molecule has 13 heteroatoms. The van der Waals surface area contributed by atoms with Gasteiger partial charge >= 0.3 is 5.97 Å². The van der Waals surface area contributed by atoms with E-state index in [4.69, 9.17) is 9.72 Å². The van der Waals surface area contributed by atoms with E-state index in [1.54, 1.807) is 43.3 Å². The Balaban J connectivity index is 1.17. The molecule has 244 valence electrons. The van der Waals surface area contributed by atoms with Gasteiger partial charge in [-0.05, 0) is 68.0 Å². The Morgan fingerprint density at radius 2 is 1.58 bits per heavy atom. The average Bonchev–Trinajstić information content (AvgIpc) is 3.67. The predicted molar refractivity (Wildman–Crippen MR) is 189 cm³/mol. The average molecular weight is 840 g/mol. The van der Waals surface area contributed by atoms with Gasteiger partial charge in [-0.25, -0.2) is 9.78 Å². The molecule has 0 N–H and O–H groups in total. The van der Waals surface area contributed by atoms with Crippen molar-refractivity contribution < 1.29 is 28.8 Å². The van der Waals surface area contributed by atoms with E-state index < -0.39 is 23.3 Å². The predicted octanol–water partition coefficient (Wildman–Crippen LogP) is 7.51. The van der Waals surface area contributed by atoms with Gasteiger partial charge in [0, 0.05) is 42.3 Å². The van der Waals surface area contributed by atoms with Gasteiger partial charge in [-0.3, -0.25) is 29.4 Å². The van der Waals surface area contributed by atoms with E-state index in [2.05, 4.69) is 47.8 Å². The second kappa shape index (κ2) is 12.3. The lowest BCUT2D eigenvalue weighted by atomic mass is 9.81. The lowest BCUT2D eigenvalue weighted by Crippen LogP contribution is -2.37.